The van der Waals surface area contributed by atoms with Crippen molar-refractivity contribution in [2.75, 3.05) is 26.4 Å². The summed E-state index contributed by atoms with van der Waals surface area (Å²) in [5.41, 5.74) is 14.5. The number of carboxylic acids is 2. The van der Waals surface area contributed by atoms with Crippen molar-refractivity contribution in [3.63, 3.8) is 0 Å². The zero-order chi connectivity index (χ0) is 45.7. The average molecular weight is 903 g/mol. The molecule has 4 aromatic carbocycles. The molecule has 6 aromatic rings. The highest BCUT2D eigenvalue weighted by atomic mass is 32.2. The van der Waals surface area contributed by atoms with Gasteiger partial charge in [0.15, 0.2) is 0 Å². The first kappa shape index (κ1) is 47.0. The SMILES string of the molecule is Cc1nccn1-c1ccc(Sc2cccc(C3(C(N)=O)CCOCC3)c2)cc1.Cc1nccn1-c1ccc(Sc2cccc(C3(C(N)=O)CCOCC3)c2)cc1.O=C(O)/C=C/C(=O)O. The van der Waals surface area contributed by atoms with Crippen LogP contribution in [-0.4, -0.2) is 79.5 Å². The summed E-state index contributed by atoms with van der Waals surface area (Å²) in [7, 11) is 0. The maximum Gasteiger partial charge on any atom is 0.328 e. The van der Waals surface area contributed by atoms with E-state index in [4.69, 9.17) is 31.2 Å². The van der Waals surface area contributed by atoms with Gasteiger partial charge in [0, 0.05) is 94.3 Å². The lowest BCUT2D eigenvalue weighted by Crippen LogP contribution is -2.45. The molecular formula is C48H50N6O8S2. The number of carbonyl (C=O) groups excluding carboxylic acids is 2. The van der Waals surface area contributed by atoms with E-state index in [1.807, 2.05) is 50.5 Å². The Morgan fingerprint density at radius 1 is 0.578 bits per heavy atom. The molecule has 14 nitrogen and oxygen atoms in total. The van der Waals surface area contributed by atoms with Crippen LogP contribution in [0.3, 0.4) is 0 Å². The Bertz CT molecular complexity index is 2400. The van der Waals surface area contributed by atoms with Crippen LogP contribution in [0.2, 0.25) is 0 Å². The Morgan fingerprint density at radius 3 is 1.23 bits per heavy atom. The highest BCUT2D eigenvalue weighted by Crippen LogP contribution is 2.39. The van der Waals surface area contributed by atoms with Gasteiger partial charge in [-0.2, -0.15) is 0 Å². The number of aliphatic carboxylic acids is 2. The molecule has 8 rings (SSSR count). The molecule has 0 atom stereocenters. The summed E-state index contributed by atoms with van der Waals surface area (Å²) >= 11 is 3.36. The molecule has 2 saturated heterocycles. The second-order valence-electron chi connectivity index (χ2n) is 15.1. The summed E-state index contributed by atoms with van der Waals surface area (Å²) in [6.07, 6.45) is 11.2. The smallest absolute Gasteiger partial charge is 0.328 e. The van der Waals surface area contributed by atoms with Gasteiger partial charge in [-0.15, -0.1) is 0 Å². The van der Waals surface area contributed by atoms with Gasteiger partial charge in [-0.05, 0) is 123 Å². The third-order valence-corrected chi connectivity index (χ3v) is 13.1. The number of aromatic nitrogens is 4. The number of amides is 2. The van der Waals surface area contributed by atoms with Crippen molar-refractivity contribution < 1.29 is 38.9 Å². The first-order valence-electron chi connectivity index (χ1n) is 20.5. The second kappa shape index (κ2) is 21.8. The van der Waals surface area contributed by atoms with Gasteiger partial charge in [0.2, 0.25) is 11.8 Å². The summed E-state index contributed by atoms with van der Waals surface area (Å²) in [5, 5.41) is 15.6. The summed E-state index contributed by atoms with van der Waals surface area (Å²) in [4.78, 5) is 56.7. The predicted molar refractivity (Wildman–Crippen MR) is 244 cm³/mol. The fraction of sp³-hybridized carbons (Fsp3) is 0.250. The summed E-state index contributed by atoms with van der Waals surface area (Å²) in [6, 6.07) is 33.1. The normalized spacial score (nSPS) is 15.2. The number of primary amides is 2. The zero-order valence-corrected chi connectivity index (χ0v) is 37.1. The molecule has 0 saturated carbocycles. The lowest BCUT2D eigenvalue weighted by Gasteiger charge is -2.34. The van der Waals surface area contributed by atoms with Gasteiger partial charge < -0.3 is 40.3 Å². The highest BCUT2D eigenvalue weighted by molar-refractivity contribution is 7.99. The molecule has 6 N–H and O–H groups in total. The Morgan fingerprint density at radius 2 is 0.938 bits per heavy atom. The van der Waals surface area contributed by atoms with Crippen LogP contribution in [0.25, 0.3) is 11.4 Å². The number of hydrogen-bond donors (Lipinski definition) is 4. The third kappa shape index (κ3) is 11.8. The van der Waals surface area contributed by atoms with Crippen molar-refractivity contribution in [2.45, 2.75) is 69.9 Å². The van der Waals surface area contributed by atoms with E-state index in [1.165, 1.54) is 0 Å². The monoisotopic (exact) mass is 902 g/mol. The van der Waals surface area contributed by atoms with Crippen molar-refractivity contribution in [1.82, 2.24) is 19.1 Å². The first-order chi connectivity index (χ1) is 30.8. The first-order valence-corrected chi connectivity index (χ1v) is 22.1. The lowest BCUT2D eigenvalue weighted by molar-refractivity contribution is -0.134. The Balaban J connectivity index is 0.000000182. The summed E-state index contributed by atoms with van der Waals surface area (Å²) in [6.45, 7) is 6.23. The quantitative estimate of drug-likeness (QED) is 0.0882. The molecule has 2 aliphatic heterocycles. The van der Waals surface area contributed by atoms with Crippen molar-refractivity contribution in [3.05, 3.63) is 157 Å². The van der Waals surface area contributed by atoms with Crippen LogP contribution >= 0.6 is 23.5 Å². The Hall–Kier alpha value is -6.46. The van der Waals surface area contributed by atoms with Gasteiger partial charge in [-0.1, -0.05) is 47.8 Å². The van der Waals surface area contributed by atoms with E-state index in [-0.39, 0.29) is 11.8 Å². The van der Waals surface area contributed by atoms with Crippen LogP contribution in [0.4, 0.5) is 0 Å². The van der Waals surface area contributed by atoms with E-state index in [9.17, 15) is 19.2 Å². The molecule has 0 spiro atoms. The number of aryl methyl sites for hydroxylation is 2. The number of nitrogens with zero attached hydrogens (tertiary/aromatic N) is 4. The van der Waals surface area contributed by atoms with Gasteiger partial charge in [0.25, 0.3) is 0 Å². The van der Waals surface area contributed by atoms with E-state index >= 15 is 0 Å². The van der Waals surface area contributed by atoms with Gasteiger partial charge in [0.05, 0.1) is 10.8 Å². The zero-order valence-electron chi connectivity index (χ0n) is 35.5. The van der Waals surface area contributed by atoms with E-state index < -0.39 is 22.8 Å². The van der Waals surface area contributed by atoms with Gasteiger partial charge in [-0.3, -0.25) is 9.59 Å². The predicted octanol–water partition coefficient (Wildman–Crippen LogP) is 7.44. The van der Waals surface area contributed by atoms with Crippen molar-refractivity contribution in [1.29, 1.82) is 0 Å². The van der Waals surface area contributed by atoms with E-state index in [1.54, 1.807) is 35.9 Å². The maximum atomic E-state index is 12.3. The minimum absolute atomic E-state index is 0.266. The topological polar surface area (TPSA) is 215 Å². The third-order valence-electron chi connectivity index (χ3n) is 11.1. The van der Waals surface area contributed by atoms with E-state index in [0.717, 1.165) is 53.7 Å². The second-order valence-corrected chi connectivity index (χ2v) is 17.4. The van der Waals surface area contributed by atoms with Crippen LogP contribution < -0.4 is 11.5 Å². The van der Waals surface area contributed by atoms with Gasteiger partial charge in [0.1, 0.15) is 11.6 Å². The molecule has 64 heavy (non-hydrogen) atoms. The maximum absolute atomic E-state index is 12.3. The number of rotatable bonds is 12. The number of carboxylic acid groups (broad SMARTS) is 2. The van der Waals surface area contributed by atoms with Crippen molar-refractivity contribution >= 4 is 47.3 Å². The highest BCUT2D eigenvalue weighted by Gasteiger charge is 2.41. The van der Waals surface area contributed by atoms with Crippen molar-refractivity contribution in [2.24, 2.45) is 11.5 Å². The minimum atomic E-state index is -1.26. The van der Waals surface area contributed by atoms with Gasteiger partial charge in [-0.25, -0.2) is 19.6 Å². The molecule has 0 unspecified atom stereocenters. The number of hydrogen-bond acceptors (Lipinski definition) is 10. The molecule has 2 aromatic heterocycles. The molecule has 16 heteroatoms. The number of imidazole rings is 2. The molecule has 2 fully saturated rings. The van der Waals surface area contributed by atoms with Gasteiger partial charge >= 0.3 is 11.9 Å². The average Bonchev–Trinajstić information content (AvgIpc) is 3.94. The number of carbonyl (C=O) groups is 4. The number of ether oxygens (including phenoxy) is 2. The molecule has 332 valence electrons. The van der Waals surface area contributed by atoms with Crippen molar-refractivity contribution in [3.8, 4) is 11.4 Å². The number of benzene rings is 4. The van der Waals surface area contributed by atoms with Crippen LogP contribution in [0.5, 0.6) is 0 Å². The fourth-order valence-electron chi connectivity index (χ4n) is 7.57. The molecule has 0 aliphatic carbocycles. The van der Waals surface area contributed by atoms with E-state index in [2.05, 4.69) is 91.9 Å². The molecule has 0 bridgehead atoms. The van der Waals surface area contributed by atoms with Crippen LogP contribution in [-0.2, 0) is 39.5 Å². The Labute approximate surface area is 379 Å². The number of nitrogens with two attached hydrogens (primary N) is 2. The van der Waals surface area contributed by atoms with Crippen LogP contribution in [0, 0.1) is 13.8 Å². The largest absolute Gasteiger partial charge is 0.478 e. The fourth-order valence-corrected chi connectivity index (χ4v) is 9.33. The minimum Gasteiger partial charge on any atom is -0.478 e. The molecule has 2 amide bonds. The molecule has 4 heterocycles. The Kier molecular flexibility index (Phi) is 16.0. The molecular weight excluding hydrogens is 853 g/mol. The van der Waals surface area contributed by atoms with Crippen LogP contribution in [0.1, 0.15) is 48.5 Å². The standard InChI is InChI=1S/2C22H23N3O2S.C4H4O4/c2*1-16-24-11-12-25(16)18-5-7-19(8-6-18)28-20-4-2-3-17(15-20)22(21(23)26)9-13-27-14-10-22;5-3(6)1-2-4(7)8/h2*2-8,11-12,15H,9-10,13-14H2,1H3,(H2,23,26);1-2H,(H,5,6)(H,7,8)/b;;2-1+. The summed E-state index contributed by atoms with van der Waals surface area (Å²) in [5.74, 6) is -1.13. The summed E-state index contributed by atoms with van der Waals surface area (Å²) < 4.78 is 15.0. The lowest BCUT2D eigenvalue weighted by atomic mass is 9.73. The molecule has 0 radical (unpaired) electrons. The van der Waals surface area contributed by atoms with Crippen LogP contribution in [0.15, 0.2) is 154 Å². The van der Waals surface area contributed by atoms with E-state index in [0.29, 0.717) is 64.3 Å². The molecule has 2 aliphatic rings.